The Bertz CT molecular complexity index is 354. The Morgan fingerprint density at radius 2 is 2.05 bits per heavy atom. The van der Waals surface area contributed by atoms with Crippen molar-refractivity contribution in [2.75, 3.05) is 19.8 Å². The molecule has 0 bridgehead atoms. The first-order chi connectivity index (χ1) is 9.13. The molecule has 0 aromatic heterocycles. The van der Waals surface area contributed by atoms with Gasteiger partial charge in [-0.05, 0) is 36.5 Å². The molecule has 0 aliphatic rings. The molecule has 0 aliphatic carbocycles. The predicted octanol–water partition coefficient (Wildman–Crippen LogP) is 4.24. The zero-order chi connectivity index (χ0) is 14.1. The highest BCUT2D eigenvalue weighted by Crippen LogP contribution is 2.22. The lowest BCUT2D eigenvalue weighted by molar-refractivity contribution is 0.127. The van der Waals surface area contributed by atoms with E-state index in [0.29, 0.717) is 12.0 Å². The van der Waals surface area contributed by atoms with Gasteiger partial charge in [0.05, 0.1) is 0 Å². The number of nitrogens with one attached hydrogen (secondary N) is 1. The van der Waals surface area contributed by atoms with Crippen LogP contribution in [-0.4, -0.2) is 25.8 Å². The van der Waals surface area contributed by atoms with Crippen LogP contribution in [0.5, 0.6) is 0 Å². The molecule has 2 nitrogen and oxygen atoms in total. The largest absolute Gasteiger partial charge is 0.381 e. The summed E-state index contributed by atoms with van der Waals surface area (Å²) in [6.45, 7) is 9.10. The average Bonchev–Trinajstić information content (AvgIpc) is 2.37. The van der Waals surface area contributed by atoms with Gasteiger partial charge in [-0.2, -0.15) is 0 Å². The van der Waals surface area contributed by atoms with Crippen molar-refractivity contribution in [3.8, 4) is 0 Å². The molecule has 0 heterocycles. The number of benzene rings is 1. The molecule has 3 heteroatoms. The Morgan fingerprint density at radius 1 is 1.26 bits per heavy atom. The molecule has 0 saturated carbocycles. The lowest BCUT2D eigenvalue weighted by Gasteiger charge is -2.20. The third-order valence-corrected chi connectivity index (χ3v) is 3.29. The number of ether oxygens (including phenoxy) is 1. The first-order valence-corrected chi connectivity index (χ1v) is 7.57. The summed E-state index contributed by atoms with van der Waals surface area (Å²) < 4.78 is 5.61. The highest BCUT2D eigenvalue weighted by Gasteiger charge is 2.12. The quantitative estimate of drug-likeness (QED) is 0.685. The van der Waals surface area contributed by atoms with E-state index in [1.54, 1.807) is 0 Å². The maximum atomic E-state index is 6.08. The van der Waals surface area contributed by atoms with Crippen molar-refractivity contribution in [3.05, 3.63) is 34.9 Å². The van der Waals surface area contributed by atoms with E-state index >= 15 is 0 Å². The van der Waals surface area contributed by atoms with Crippen molar-refractivity contribution < 1.29 is 4.74 Å². The fourth-order valence-corrected chi connectivity index (χ4v) is 2.20. The molecule has 0 fully saturated rings. The molecule has 0 radical (unpaired) electrons. The van der Waals surface area contributed by atoms with Crippen LogP contribution in [0.1, 0.15) is 45.1 Å². The van der Waals surface area contributed by atoms with Crippen LogP contribution in [0.15, 0.2) is 24.3 Å². The van der Waals surface area contributed by atoms with Crippen molar-refractivity contribution in [2.24, 2.45) is 0 Å². The first kappa shape index (κ1) is 16.5. The Morgan fingerprint density at radius 3 is 2.68 bits per heavy atom. The first-order valence-electron chi connectivity index (χ1n) is 7.20. The molecular formula is C16H26ClNO. The zero-order valence-electron chi connectivity index (χ0n) is 12.3. The second-order valence-corrected chi connectivity index (χ2v) is 5.65. The smallest absolute Gasteiger partial charge is 0.0472 e. The van der Waals surface area contributed by atoms with Gasteiger partial charge >= 0.3 is 0 Å². The summed E-state index contributed by atoms with van der Waals surface area (Å²) in [5.74, 6) is 0.456. The van der Waals surface area contributed by atoms with Crippen LogP contribution < -0.4 is 5.32 Å². The van der Waals surface area contributed by atoms with Gasteiger partial charge in [-0.3, -0.25) is 0 Å². The fourth-order valence-electron chi connectivity index (χ4n) is 2.00. The molecule has 0 amide bonds. The highest BCUT2D eigenvalue weighted by molar-refractivity contribution is 6.30. The minimum absolute atomic E-state index is 0.456. The minimum Gasteiger partial charge on any atom is -0.381 e. The second kappa shape index (κ2) is 9.35. The van der Waals surface area contributed by atoms with Crippen LogP contribution in [0.4, 0.5) is 0 Å². The molecular weight excluding hydrogens is 258 g/mol. The molecule has 0 saturated heterocycles. The number of hydrogen-bond acceptors (Lipinski definition) is 2. The number of rotatable bonds is 9. The van der Waals surface area contributed by atoms with Crippen LogP contribution in [0.25, 0.3) is 0 Å². The summed E-state index contributed by atoms with van der Waals surface area (Å²) in [6.07, 6.45) is 2.10. The average molecular weight is 284 g/mol. The van der Waals surface area contributed by atoms with Gasteiger partial charge < -0.3 is 10.1 Å². The lowest BCUT2D eigenvalue weighted by Crippen LogP contribution is -2.28. The van der Waals surface area contributed by atoms with Gasteiger partial charge in [0.25, 0.3) is 0 Å². The Labute approximate surface area is 122 Å². The summed E-state index contributed by atoms with van der Waals surface area (Å²) in [4.78, 5) is 0. The Hall–Kier alpha value is -0.570. The fraction of sp³-hybridized carbons (Fsp3) is 0.625. The van der Waals surface area contributed by atoms with Crippen LogP contribution in [0, 0.1) is 0 Å². The van der Waals surface area contributed by atoms with Crippen molar-refractivity contribution in [3.63, 3.8) is 0 Å². The number of hydrogen-bond donors (Lipinski definition) is 1. The minimum atomic E-state index is 0.456. The molecule has 19 heavy (non-hydrogen) atoms. The van der Waals surface area contributed by atoms with Crippen LogP contribution >= 0.6 is 11.6 Å². The van der Waals surface area contributed by atoms with Crippen LogP contribution in [-0.2, 0) is 4.74 Å². The summed E-state index contributed by atoms with van der Waals surface area (Å²) in [6, 6.07) is 8.66. The molecule has 1 unspecified atom stereocenters. The van der Waals surface area contributed by atoms with E-state index in [1.807, 2.05) is 12.1 Å². The van der Waals surface area contributed by atoms with E-state index in [9.17, 15) is 0 Å². The molecule has 1 rings (SSSR count). The van der Waals surface area contributed by atoms with Crippen LogP contribution in [0.3, 0.4) is 0 Å². The van der Waals surface area contributed by atoms with E-state index in [1.165, 1.54) is 5.56 Å². The van der Waals surface area contributed by atoms with Crippen molar-refractivity contribution in [1.29, 1.82) is 0 Å². The summed E-state index contributed by atoms with van der Waals surface area (Å²) >= 11 is 6.08. The standard InChI is InChI=1S/C16H26ClNO/c1-4-9-19-10-8-15(12-18-13(2)3)14-6-5-7-16(17)11-14/h5-7,11,13,15,18H,4,8-10,12H2,1-3H3. The van der Waals surface area contributed by atoms with E-state index in [-0.39, 0.29) is 0 Å². The molecule has 1 aromatic rings. The third kappa shape index (κ3) is 6.95. The maximum Gasteiger partial charge on any atom is 0.0472 e. The highest BCUT2D eigenvalue weighted by atomic mass is 35.5. The second-order valence-electron chi connectivity index (χ2n) is 5.22. The van der Waals surface area contributed by atoms with Gasteiger partial charge in [0.2, 0.25) is 0 Å². The lowest BCUT2D eigenvalue weighted by atomic mass is 9.95. The van der Waals surface area contributed by atoms with E-state index in [4.69, 9.17) is 16.3 Å². The van der Waals surface area contributed by atoms with Crippen molar-refractivity contribution in [2.45, 2.75) is 45.6 Å². The normalized spacial score (nSPS) is 12.9. The zero-order valence-corrected chi connectivity index (χ0v) is 13.0. The van der Waals surface area contributed by atoms with Gasteiger partial charge in [0, 0.05) is 30.8 Å². The summed E-state index contributed by atoms with van der Waals surface area (Å²) in [5.41, 5.74) is 1.29. The Balaban J connectivity index is 2.57. The molecule has 1 aromatic carbocycles. The Kier molecular flexibility index (Phi) is 8.11. The van der Waals surface area contributed by atoms with Gasteiger partial charge in [-0.1, -0.05) is 44.5 Å². The molecule has 1 atom stereocenters. The van der Waals surface area contributed by atoms with Gasteiger partial charge in [0.1, 0.15) is 0 Å². The van der Waals surface area contributed by atoms with E-state index in [0.717, 1.165) is 37.6 Å². The monoisotopic (exact) mass is 283 g/mol. The van der Waals surface area contributed by atoms with Crippen molar-refractivity contribution >= 4 is 11.6 Å². The molecule has 0 aliphatic heterocycles. The topological polar surface area (TPSA) is 21.3 Å². The molecule has 1 N–H and O–H groups in total. The number of halogens is 1. The van der Waals surface area contributed by atoms with E-state index < -0.39 is 0 Å². The summed E-state index contributed by atoms with van der Waals surface area (Å²) in [7, 11) is 0. The van der Waals surface area contributed by atoms with E-state index in [2.05, 4.69) is 38.2 Å². The maximum absolute atomic E-state index is 6.08. The molecule has 0 spiro atoms. The van der Waals surface area contributed by atoms with Gasteiger partial charge in [-0.15, -0.1) is 0 Å². The third-order valence-electron chi connectivity index (χ3n) is 3.05. The summed E-state index contributed by atoms with van der Waals surface area (Å²) in [5, 5.41) is 4.31. The van der Waals surface area contributed by atoms with Crippen LogP contribution in [0.2, 0.25) is 5.02 Å². The molecule has 108 valence electrons. The van der Waals surface area contributed by atoms with Crippen molar-refractivity contribution in [1.82, 2.24) is 5.32 Å². The van der Waals surface area contributed by atoms with Gasteiger partial charge in [-0.25, -0.2) is 0 Å². The SMILES string of the molecule is CCCOCCC(CNC(C)C)c1cccc(Cl)c1. The van der Waals surface area contributed by atoms with Gasteiger partial charge in [0.15, 0.2) is 0 Å². The predicted molar refractivity (Wildman–Crippen MR) is 83.1 cm³/mol.